The second-order valence-corrected chi connectivity index (χ2v) is 13.9. The quantitative estimate of drug-likeness (QED) is 0.117. The van der Waals surface area contributed by atoms with Crippen molar-refractivity contribution < 1.29 is 19.1 Å². The van der Waals surface area contributed by atoms with Crippen LogP contribution < -0.4 is 4.74 Å². The highest BCUT2D eigenvalue weighted by atomic mass is 16.5. The normalized spacial score (nSPS) is 33.5. The molecule has 0 heterocycles. The van der Waals surface area contributed by atoms with Crippen molar-refractivity contribution in [3.63, 3.8) is 0 Å². The summed E-state index contributed by atoms with van der Waals surface area (Å²) < 4.78 is 11.6. The first kappa shape index (κ1) is 30.1. The van der Waals surface area contributed by atoms with E-state index in [1.165, 1.54) is 51.0 Å². The van der Waals surface area contributed by atoms with E-state index in [4.69, 9.17) is 9.47 Å². The van der Waals surface area contributed by atoms with Crippen molar-refractivity contribution in [2.45, 2.75) is 124 Å². The number of hydrogen-bond acceptors (Lipinski definition) is 4. The van der Waals surface area contributed by atoms with Gasteiger partial charge in [-0.05, 0) is 97.5 Å². The predicted octanol–water partition coefficient (Wildman–Crippen LogP) is 9.27. The number of ketones is 1. The highest BCUT2D eigenvalue weighted by Crippen LogP contribution is 2.64. The summed E-state index contributed by atoms with van der Waals surface area (Å²) in [5.74, 6) is 2.68. The lowest BCUT2D eigenvalue weighted by atomic mass is 9.48. The maximum absolute atomic E-state index is 13.8. The molecular weight excluding hydrogens is 508 g/mol. The molecule has 5 rings (SSSR count). The van der Waals surface area contributed by atoms with Crippen molar-refractivity contribution in [2.75, 3.05) is 6.61 Å². The first-order chi connectivity index (χ1) is 19.7. The first-order valence-electron chi connectivity index (χ1n) is 16.6. The molecule has 0 spiro atoms. The summed E-state index contributed by atoms with van der Waals surface area (Å²) in [7, 11) is 0. The van der Waals surface area contributed by atoms with Crippen LogP contribution in [0, 0.1) is 28.6 Å². The fourth-order valence-electron chi connectivity index (χ4n) is 8.87. The molecule has 0 amide bonds. The van der Waals surface area contributed by atoms with E-state index < -0.39 is 0 Å². The molecule has 0 radical (unpaired) electrons. The summed E-state index contributed by atoms with van der Waals surface area (Å²) in [4.78, 5) is 25.4. The molecule has 3 fully saturated rings. The Morgan fingerprint density at radius 1 is 0.927 bits per heavy atom. The molecule has 0 aliphatic heterocycles. The Labute approximate surface area is 248 Å². The Kier molecular flexibility index (Phi) is 9.46. The van der Waals surface area contributed by atoms with Crippen molar-refractivity contribution >= 4 is 17.8 Å². The van der Waals surface area contributed by atoms with E-state index in [-0.39, 0.29) is 22.9 Å². The lowest BCUT2D eigenvalue weighted by molar-refractivity contribution is -0.148. The molecule has 41 heavy (non-hydrogen) atoms. The van der Waals surface area contributed by atoms with Gasteiger partial charge in [0.15, 0.2) is 5.78 Å². The molecule has 6 unspecified atom stereocenters. The lowest BCUT2D eigenvalue weighted by Gasteiger charge is -2.56. The molecule has 3 saturated carbocycles. The minimum absolute atomic E-state index is 0.0249. The Morgan fingerprint density at radius 3 is 2.37 bits per heavy atom. The zero-order valence-electron chi connectivity index (χ0n) is 26.0. The van der Waals surface area contributed by atoms with Gasteiger partial charge in [-0.2, -0.15) is 0 Å². The third kappa shape index (κ3) is 6.37. The van der Waals surface area contributed by atoms with Crippen LogP contribution >= 0.6 is 0 Å². The molecule has 1 aromatic rings. The van der Waals surface area contributed by atoms with Crippen molar-refractivity contribution in [3.8, 4) is 5.75 Å². The summed E-state index contributed by atoms with van der Waals surface area (Å²) in [5.41, 5.74) is 3.52. The fraction of sp³-hybridized carbons (Fsp3) is 0.676. The Balaban J connectivity index is 1.20. The zero-order valence-corrected chi connectivity index (χ0v) is 26.0. The number of hydrogen-bond donors (Lipinski definition) is 0. The minimum Gasteiger partial charge on any atom is -0.494 e. The average Bonchev–Trinajstić information content (AvgIpc) is 3.20. The van der Waals surface area contributed by atoms with Crippen LogP contribution in [0.3, 0.4) is 0 Å². The molecule has 0 saturated heterocycles. The number of benzene rings is 1. The number of ether oxygens (including phenoxy) is 2. The van der Waals surface area contributed by atoms with E-state index >= 15 is 0 Å². The molecule has 4 aliphatic carbocycles. The predicted molar refractivity (Wildman–Crippen MR) is 166 cm³/mol. The van der Waals surface area contributed by atoms with Gasteiger partial charge >= 0.3 is 5.97 Å². The van der Waals surface area contributed by atoms with E-state index in [1.807, 2.05) is 0 Å². The maximum atomic E-state index is 13.8. The molecule has 4 heteroatoms. The largest absolute Gasteiger partial charge is 0.494 e. The third-order valence-electron chi connectivity index (χ3n) is 11.3. The second kappa shape index (κ2) is 12.9. The number of esters is 1. The van der Waals surface area contributed by atoms with E-state index in [9.17, 15) is 9.59 Å². The monoisotopic (exact) mass is 560 g/mol. The Morgan fingerprint density at radius 2 is 1.63 bits per heavy atom. The topological polar surface area (TPSA) is 52.6 Å². The summed E-state index contributed by atoms with van der Waals surface area (Å²) in [5, 5.41) is 0. The van der Waals surface area contributed by atoms with E-state index in [0.717, 1.165) is 74.9 Å². The second-order valence-electron chi connectivity index (χ2n) is 13.9. The highest BCUT2D eigenvalue weighted by molar-refractivity contribution is 6.06. The van der Waals surface area contributed by atoms with Crippen LogP contribution in [0.2, 0.25) is 0 Å². The van der Waals surface area contributed by atoms with E-state index in [1.54, 1.807) is 0 Å². The highest BCUT2D eigenvalue weighted by Gasteiger charge is 2.60. The smallest absolute Gasteiger partial charge is 0.302 e. The Bertz CT molecular complexity index is 1150. The maximum Gasteiger partial charge on any atom is 0.302 e. The number of Topliss-reactive ketones (excluding diaryl/α,β-unsaturated/α-hetero) is 1. The van der Waals surface area contributed by atoms with Gasteiger partial charge in [-0.3, -0.25) is 9.59 Å². The van der Waals surface area contributed by atoms with Gasteiger partial charge in [0, 0.05) is 18.8 Å². The molecule has 0 N–H and O–H groups in total. The number of unbranched alkanes of at least 4 members (excludes halogenated alkanes) is 6. The zero-order chi connectivity index (χ0) is 29.0. The molecule has 1 aromatic carbocycles. The van der Waals surface area contributed by atoms with Gasteiger partial charge in [0.1, 0.15) is 11.9 Å². The lowest BCUT2D eigenvalue weighted by Crippen LogP contribution is -2.50. The van der Waals surface area contributed by atoms with Gasteiger partial charge in [-0.1, -0.05) is 83.1 Å². The van der Waals surface area contributed by atoms with Crippen molar-refractivity contribution in [1.82, 2.24) is 0 Å². The molecule has 6 atom stereocenters. The molecule has 224 valence electrons. The van der Waals surface area contributed by atoms with E-state index in [0.29, 0.717) is 23.5 Å². The van der Waals surface area contributed by atoms with Crippen molar-refractivity contribution in [2.24, 2.45) is 28.6 Å². The van der Waals surface area contributed by atoms with Crippen molar-refractivity contribution in [1.29, 1.82) is 0 Å². The number of carbonyl (C=O) groups excluding carboxylic acids is 2. The standard InChI is InChI=1S/C37H52O4/c1-5-6-7-8-9-10-11-22-40-30-15-12-27(13-16-30)23-28-24-34-32-17-14-29-25-31(41-26(2)38)18-20-36(29,3)33(32)19-21-37(34,4)35(28)39/h12-16,23,31-34H,5-11,17-22,24-25H2,1-4H3/b28-23+. The van der Waals surface area contributed by atoms with Gasteiger partial charge in [-0.25, -0.2) is 0 Å². The summed E-state index contributed by atoms with van der Waals surface area (Å²) in [6, 6.07) is 8.31. The number of fused-ring (bicyclic) bond motifs is 5. The number of carbonyl (C=O) groups is 2. The van der Waals surface area contributed by atoms with Gasteiger partial charge in [0.05, 0.1) is 6.61 Å². The average molecular weight is 561 g/mol. The van der Waals surface area contributed by atoms with Crippen LogP contribution in [-0.4, -0.2) is 24.5 Å². The summed E-state index contributed by atoms with van der Waals surface area (Å²) in [6.45, 7) is 9.25. The molecule has 4 aliphatic rings. The van der Waals surface area contributed by atoms with E-state index in [2.05, 4.69) is 57.2 Å². The van der Waals surface area contributed by atoms with Crippen LogP contribution in [-0.2, 0) is 14.3 Å². The van der Waals surface area contributed by atoms with Crippen LogP contribution in [0.25, 0.3) is 6.08 Å². The molecular formula is C37H52O4. The fourth-order valence-corrected chi connectivity index (χ4v) is 8.87. The number of allylic oxidation sites excluding steroid dienone is 2. The van der Waals surface area contributed by atoms with Gasteiger partial charge < -0.3 is 9.47 Å². The van der Waals surface area contributed by atoms with Gasteiger partial charge in [-0.15, -0.1) is 0 Å². The van der Waals surface area contributed by atoms with Crippen molar-refractivity contribution in [3.05, 3.63) is 47.1 Å². The van der Waals surface area contributed by atoms with Gasteiger partial charge in [0.25, 0.3) is 0 Å². The molecule has 0 aromatic heterocycles. The minimum atomic E-state index is -0.247. The summed E-state index contributed by atoms with van der Waals surface area (Å²) in [6.07, 6.45) is 20.6. The van der Waals surface area contributed by atoms with Crippen LogP contribution in [0.5, 0.6) is 5.75 Å². The SMILES string of the molecule is CCCCCCCCCOc1ccc(/C=C2\CC3C4CC=C5CC(OC(C)=O)CCC5(C)C4CCC3(C)C2=O)cc1. The molecule has 4 nitrogen and oxygen atoms in total. The van der Waals surface area contributed by atoms with Crippen LogP contribution in [0.1, 0.15) is 123 Å². The van der Waals surface area contributed by atoms with Gasteiger partial charge in [0.2, 0.25) is 0 Å². The van der Waals surface area contributed by atoms with Crippen LogP contribution in [0.4, 0.5) is 0 Å². The summed E-state index contributed by atoms with van der Waals surface area (Å²) >= 11 is 0. The molecule has 0 bridgehead atoms. The first-order valence-corrected chi connectivity index (χ1v) is 16.6. The van der Waals surface area contributed by atoms with Crippen LogP contribution in [0.15, 0.2) is 41.5 Å². The Hall–Kier alpha value is -2.36. The number of rotatable bonds is 11. The third-order valence-corrected chi connectivity index (χ3v) is 11.3.